The summed E-state index contributed by atoms with van der Waals surface area (Å²) in [7, 11) is 0. The molecule has 0 saturated carbocycles. The lowest BCUT2D eigenvalue weighted by Gasteiger charge is -2.14. The number of rotatable bonds is 7. The third kappa shape index (κ3) is 4.68. The standard InChI is InChI=1S/C26H18ClN5O3/c27-20-6-8-22(9-7-20)32-26(34)25(24(15-30-32)31-13-12-28-16-31)35-23-10-4-18(5-11-23)19-2-1-3-21(14-19)29-17-33/h1-17H,(H,29,33). The lowest BCUT2D eigenvalue weighted by Crippen LogP contribution is -2.23. The minimum Gasteiger partial charge on any atom is -0.449 e. The van der Waals surface area contributed by atoms with E-state index >= 15 is 0 Å². The number of nitrogens with one attached hydrogen (secondary N) is 1. The van der Waals surface area contributed by atoms with Crippen LogP contribution in [0.5, 0.6) is 11.5 Å². The highest BCUT2D eigenvalue weighted by Gasteiger charge is 2.17. The highest BCUT2D eigenvalue weighted by atomic mass is 35.5. The van der Waals surface area contributed by atoms with Gasteiger partial charge in [-0.05, 0) is 59.7 Å². The third-order valence-corrected chi connectivity index (χ3v) is 5.52. The van der Waals surface area contributed by atoms with E-state index in [1.807, 2.05) is 36.4 Å². The van der Waals surface area contributed by atoms with Gasteiger partial charge in [-0.15, -0.1) is 0 Å². The molecule has 1 amide bonds. The van der Waals surface area contributed by atoms with Crippen LogP contribution in [-0.4, -0.2) is 25.7 Å². The molecule has 172 valence electrons. The Labute approximate surface area is 205 Å². The van der Waals surface area contributed by atoms with E-state index in [-0.39, 0.29) is 5.75 Å². The van der Waals surface area contributed by atoms with Crippen LogP contribution in [0, 0.1) is 0 Å². The molecule has 9 heteroatoms. The quantitative estimate of drug-likeness (QED) is 0.325. The predicted molar refractivity (Wildman–Crippen MR) is 134 cm³/mol. The minimum atomic E-state index is -0.435. The van der Waals surface area contributed by atoms with Crippen LogP contribution in [0.25, 0.3) is 22.5 Å². The van der Waals surface area contributed by atoms with E-state index in [0.29, 0.717) is 34.2 Å². The van der Waals surface area contributed by atoms with E-state index in [0.717, 1.165) is 11.1 Å². The van der Waals surface area contributed by atoms with E-state index in [2.05, 4.69) is 15.4 Å². The van der Waals surface area contributed by atoms with Gasteiger partial charge in [0, 0.05) is 23.1 Å². The molecular weight excluding hydrogens is 466 g/mol. The average Bonchev–Trinajstić information content (AvgIpc) is 3.42. The highest BCUT2D eigenvalue weighted by Crippen LogP contribution is 2.28. The maximum Gasteiger partial charge on any atom is 0.316 e. The topological polar surface area (TPSA) is 91.0 Å². The van der Waals surface area contributed by atoms with Crippen molar-refractivity contribution in [2.75, 3.05) is 5.32 Å². The van der Waals surface area contributed by atoms with Gasteiger partial charge in [-0.1, -0.05) is 35.9 Å². The first-order valence-corrected chi connectivity index (χ1v) is 11.0. The summed E-state index contributed by atoms with van der Waals surface area (Å²) < 4.78 is 9.01. The largest absolute Gasteiger partial charge is 0.449 e. The second-order valence-electron chi connectivity index (χ2n) is 7.49. The SMILES string of the molecule is O=CNc1cccc(-c2ccc(Oc3c(-n4ccnc4)cnn(-c4ccc(Cl)cc4)c3=O)cc2)c1. The Balaban J connectivity index is 1.52. The van der Waals surface area contributed by atoms with Crippen molar-refractivity contribution in [2.45, 2.75) is 0 Å². The fourth-order valence-corrected chi connectivity index (χ4v) is 3.69. The molecule has 0 aliphatic carbocycles. The van der Waals surface area contributed by atoms with Crippen molar-refractivity contribution >= 4 is 23.7 Å². The fraction of sp³-hybridized carbons (Fsp3) is 0. The van der Waals surface area contributed by atoms with E-state index in [1.165, 1.54) is 4.68 Å². The van der Waals surface area contributed by atoms with Crippen molar-refractivity contribution in [3.8, 4) is 34.0 Å². The van der Waals surface area contributed by atoms with Crippen LogP contribution in [0.15, 0.2) is 103 Å². The Morgan fingerprint density at radius 3 is 2.49 bits per heavy atom. The van der Waals surface area contributed by atoms with Crippen LogP contribution in [0.2, 0.25) is 5.02 Å². The Bertz CT molecular complexity index is 1530. The zero-order valence-corrected chi connectivity index (χ0v) is 19.0. The lowest BCUT2D eigenvalue weighted by atomic mass is 10.1. The second-order valence-corrected chi connectivity index (χ2v) is 7.93. The third-order valence-electron chi connectivity index (χ3n) is 5.26. The molecule has 0 aliphatic rings. The van der Waals surface area contributed by atoms with Gasteiger partial charge in [0.25, 0.3) is 0 Å². The monoisotopic (exact) mass is 483 g/mol. The molecule has 0 saturated heterocycles. The molecule has 5 aromatic rings. The maximum absolute atomic E-state index is 13.4. The molecule has 3 aromatic carbocycles. The van der Waals surface area contributed by atoms with Crippen molar-refractivity contribution < 1.29 is 9.53 Å². The molecule has 35 heavy (non-hydrogen) atoms. The van der Waals surface area contributed by atoms with E-state index < -0.39 is 5.56 Å². The number of nitrogens with zero attached hydrogens (tertiary/aromatic N) is 4. The second kappa shape index (κ2) is 9.66. The van der Waals surface area contributed by atoms with Crippen molar-refractivity contribution in [1.29, 1.82) is 0 Å². The fourth-order valence-electron chi connectivity index (χ4n) is 3.57. The predicted octanol–water partition coefficient (Wildman–Crippen LogP) is 5.10. The van der Waals surface area contributed by atoms with Gasteiger partial charge in [-0.3, -0.25) is 9.59 Å². The summed E-state index contributed by atoms with van der Waals surface area (Å²) in [6.45, 7) is 0. The number of halogens is 1. The van der Waals surface area contributed by atoms with E-state index in [1.54, 1.807) is 65.9 Å². The Morgan fingerprint density at radius 1 is 0.971 bits per heavy atom. The zero-order valence-electron chi connectivity index (χ0n) is 18.2. The van der Waals surface area contributed by atoms with Gasteiger partial charge in [-0.25, -0.2) is 4.98 Å². The van der Waals surface area contributed by atoms with Gasteiger partial charge < -0.3 is 14.6 Å². The van der Waals surface area contributed by atoms with Crippen molar-refractivity contribution in [2.24, 2.45) is 0 Å². The van der Waals surface area contributed by atoms with Crippen LogP contribution >= 0.6 is 11.6 Å². The zero-order chi connectivity index (χ0) is 24.2. The van der Waals surface area contributed by atoms with Crippen LogP contribution in [0.3, 0.4) is 0 Å². The van der Waals surface area contributed by atoms with E-state index in [9.17, 15) is 9.59 Å². The number of imidazole rings is 1. The van der Waals surface area contributed by atoms with Crippen molar-refractivity contribution in [3.63, 3.8) is 0 Å². The normalized spacial score (nSPS) is 10.7. The maximum atomic E-state index is 13.4. The molecule has 0 atom stereocenters. The van der Waals surface area contributed by atoms with Crippen LogP contribution in [0.4, 0.5) is 5.69 Å². The average molecular weight is 484 g/mol. The van der Waals surface area contributed by atoms with E-state index in [4.69, 9.17) is 16.3 Å². The van der Waals surface area contributed by atoms with Gasteiger partial charge in [0.05, 0.1) is 18.2 Å². The van der Waals surface area contributed by atoms with Gasteiger partial charge >= 0.3 is 5.56 Å². The minimum absolute atomic E-state index is 0.0953. The first-order chi connectivity index (χ1) is 17.1. The number of hydrogen-bond donors (Lipinski definition) is 1. The summed E-state index contributed by atoms with van der Waals surface area (Å²) in [5.41, 5.74) is 3.12. The summed E-state index contributed by atoms with van der Waals surface area (Å²) in [6.07, 6.45) is 7.07. The van der Waals surface area contributed by atoms with Gasteiger partial charge in [0.15, 0.2) is 0 Å². The molecule has 0 unspecified atom stereocenters. The Morgan fingerprint density at radius 2 is 1.77 bits per heavy atom. The number of anilines is 1. The number of hydrogen-bond acceptors (Lipinski definition) is 5. The van der Waals surface area contributed by atoms with Crippen molar-refractivity contribution in [1.82, 2.24) is 19.3 Å². The number of amides is 1. The number of aromatic nitrogens is 4. The van der Waals surface area contributed by atoms with Crippen LogP contribution < -0.4 is 15.6 Å². The molecule has 0 fully saturated rings. The summed E-state index contributed by atoms with van der Waals surface area (Å²) in [4.78, 5) is 28.2. The molecule has 0 aliphatic heterocycles. The first-order valence-electron chi connectivity index (χ1n) is 10.6. The van der Waals surface area contributed by atoms with Gasteiger partial charge in [-0.2, -0.15) is 9.78 Å². The van der Waals surface area contributed by atoms with Crippen molar-refractivity contribution in [3.05, 3.63) is 113 Å². The number of benzene rings is 3. The molecule has 0 spiro atoms. The smallest absolute Gasteiger partial charge is 0.316 e. The highest BCUT2D eigenvalue weighted by molar-refractivity contribution is 6.30. The molecule has 0 bridgehead atoms. The summed E-state index contributed by atoms with van der Waals surface area (Å²) >= 11 is 5.99. The summed E-state index contributed by atoms with van der Waals surface area (Å²) in [5, 5.41) is 7.52. The molecule has 1 N–H and O–H groups in total. The van der Waals surface area contributed by atoms with Gasteiger partial charge in [0.2, 0.25) is 12.2 Å². The summed E-state index contributed by atoms with van der Waals surface area (Å²) in [6, 6.07) is 21.6. The number of carbonyl (C=O) groups excluding carboxylic acids is 1. The molecule has 5 rings (SSSR count). The van der Waals surface area contributed by atoms with Crippen LogP contribution in [-0.2, 0) is 4.79 Å². The van der Waals surface area contributed by atoms with Crippen LogP contribution in [0.1, 0.15) is 0 Å². The Kier molecular flexibility index (Phi) is 6.11. The molecule has 2 heterocycles. The lowest BCUT2D eigenvalue weighted by molar-refractivity contribution is -0.105. The molecular formula is C26H18ClN5O3. The molecule has 8 nitrogen and oxygen atoms in total. The number of carbonyl (C=O) groups is 1. The molecule has 2 aromatic heterocycles. The first kappa shape index (κ1) is 22.1. The summed E-state index contributed by atoms with van der Waals surface area (Å²) in [5.74, 6) is 0.570. The van der Waals surface area contributed by atoms with Gasteiger partial charge in [0.1, 0.15) is 11.4 Å². The molecule has 0 radical (unpaired) electrons. The Hall–Kier alpha value is -4.69. The number of ether oxygens (including phenoxy) is 1.